The lowest BCUT2D eigenvalue weighted by molar-refractivity contribution is -0.138. The van der Waals surface area contributed by atoms with Crippen LogP contribution in [0.15, 0.2) is 94.2 Å². The van der Waals surface area contributed by atoms with Gasteiger partial charge in [-0.2, -0.15) is 5.26 Å². The molecular formula is C30H22FN3O4S. The van der Waals surface area contributed by atoms with E-state index < -0.39 is 17.8 Å². The molecule has 1 aromatic heterocycles. The molecule has 3 aromatic carbocycles. The summed E-state index contributed by atoms with van der Waals surface area (Å²) in [5.41, 5.74) is 2.25. The molecule has 0 bridgehead atoms. The number of thiazole rings is 1. The minimum absolute atomic E-state index is 0.0616. The molecule has 5 rings (SSSR count). The molecule has 0 fully saturated rings. The van der Waals surface area contributed by atoms with E-state index in [2.05, 4.69) is 0 Å². The van der Waals surface area contributed by atoms with Crippen molar-refractivity contribution in [1.29, 1.82) is 5.26 Å². The second kappa shape index (κ2) is 11.3. The Kier molecular flexibility index (Phi) is 7.48. The van der Waals surface area contributed by atoms with E-state index in [0.717, 1.165) is 5.56 Å². The normalized spacial score (nSPS) is 14.8. The smallest absolute Gasteiger partial charge is 0.338 e. The molecule has 0 aliphatic carbocycles. The van der Waals surface area contributed by atoms with Gasteiger partial charge in [-0.05, 0) is 48.4 Å². The molecule has 39 heavy (non-hydrogen) atoms. The first-order valence-corrected chi connectivity index (χ1v) is 13.0. The fourth-order valence-corrected chi connectivity index (χ4v) is 5.33. The predicted octanol–water partition coefficient (Wildman–Crippen LogP) is 3.98. The van der Waals surface area contributed by atoms with E-state index in [-0.39, 0.29) is 24.3 Å². The van der Waals surface area contributed by atoms with Crippen molar-refractivity contribution in [1.82, 2.24) is 4.57 Å². The minimum Gasteiger partial charge on any atom is -0.479 e. The topological polar surface area (TPSA) is 93.7 Å². The van der Waals surface area contributed by atoms with Crippen LogP contribution in [0.5, 0.6) is 5.75 Å². The van der Waals surface area contributed by atoms with Crippen LogP contribution < -0.4 is 19.6 Å². The molecule has 194 valence electrons. The first-order chi connectivity index (χ1) is 19.0. The van der Waals surface area contributed by atoms with Crippen LogP contribution in [0, 0.1) is 17.1 Å². The molecule has 0 spiro atoms. The van der Waals surface area contributed by atoms with Crippen LogP contribution in [0.2, 0.25) is 0 Å². The highest BCUT2D eigenvalue weighted by atomic mass is 32.1. The molecule has 0 radical (unpaired) electrons. The maximum Gasteiger partial charge on any atom is 0.338 e. The standard InChI is InChI=1S/C30H22FN3O4S/c1-2-37-29(36)25-26(20-6-4-3-5-7-20)33-30-34(27(25)21-10-12-22(31)13-11-21)28(35)24(39-30)18-19-8-14-23(15-9-19)38-17-16-32/h3-15,18,27H,2,17H2,1H3/b24-18+. The Morgan fingerprint density at radius 3 is 2.49 bits per heavy atom. The molecule has 1 aliphatic rings. The zero-order chi connectivity index (χ0) is 27.4. The summed E-state index contributed by atoms with van der Waals surface area (Å²) in [6, 6.07) is 23.0. The number of halogens is 1. The van der Waals surface area contributed by atoms with Crippen molar-refractivity contribution in [2.75, 3.05) is 13.2 Å². The minimum atomic E-state index is -0.875. The second-order valence-corrected chi connectivity index (χ2v) is 9.51. The number of nitriles is 1. The fraction of sp³-hybridized carbons (Fsp3) is 0.133. The molecule has 2 heterocycles. The number of aromatic nitrogens is 1. The molecule has 1 unspecified atom stereocenters. The first-order valence-electron chi connectivity index (χ1n) is 12.1. The van der Waals surface area contributed by atoms with Crippen LogP contribution >= 0.6 is 11.3 Å². The summed E-state index contributed by atoms with van der Waals surface area (Å²) in [5.74, 6) is -0.493. The number of carbonyl (C=O) groups excluding carboxylic acids is 1. The third kappa shape index (κ3) is 5.28. The molecule has 1 aliphatic heterocycles. The van der Waals surface area contributed by atoms with Gasteiger partial charge in [0.2, 0.25) is 0 Å². The largest absolute Gasteiger partial charge is 0.479 e. The zero-order valence-electron chi connectivity index (χ0n) is 20.8. The van der Waals surface area contributed by atoms with Crippen molar-refractivity contribution in [3.63, 3.8) is 0 Å². The number of ether oxygens (including phenoxy) is 2. The van der Waals surface area contributed by atoms with Crippen LogP contribution in [0.3, 0.4) is 0 Å². The van der Waals surface area contributed by atoms with Crippen LogP contribution in [0.1, 0.15) is 29.7 Å². The number of benzene rings is 3. The maximum atomic E-state index is 13.9. The van der Waals surface area contributed by atoms with Crippen LogP contribution in [0.4, 0.5) is 4.39 Å². The van der Waals surface area contributed by atoms with Crippen molar-refractivity contribution < 1.29 is 18.7 Å². The molecule has 1 atom stereocenters. The van der Waals surface area contributed by atoms with E-state index in [1.54, 1.807) is 49.4 Å². The van der Waals surface area contributed by atoms with Crippen molar-refractivity contribution in [3.05, 3.63) is 127 Å². The zero-order valence-corrected chi connectivity index (χ0v) is 21.7. The van der Waals surface area contributed by atoms with E-state index in [4.69, 9.17) is 19.7 Å². The summed E-state index contributed by atoms with van der Waals surface area (Å²) in [5, 5.41) is 8.70. The van der Waals surface area contributed by atoms with Gasteiger partial charge in [0.05, 0.1) is 28.5 Å². The molecular weight excluding hydrogens is 517 g/mol. The number of esters is 1. The number of fused-ring (bicyclic) bond motifs is 1. The van der Waals surface area contributed by atoms with Crippen molar-refractivity contribution >= 4 is 29.1 Å². The number of nitrogens with zero attached hydrogens (tertiary/aromatic N) is 3. The Morgan fingerprint density at radius 1 is 1.10 bits per heavy atom. The van der Waals surface area contributed by atoms with Gasteiger partial charge in [0.15, 0.2) is 11.4 Å². The summed E-state index contributed by atoms with van der Waals surface area (Å²) in [7, 11) is 0. The molecule has 0 amide bonds. The number of hydrogen-bond donors (Lipinski definition) is 0. The fourth-order valence-electron chi connectivity index (χ4n) is 4.33. The van der Waals surface area contributed by atoms with E-state index >= 15 is 0 Å². The highest BCUT2D eigenvalue weighted by Crippen LogP contribution is 2.35. The van der Waals surface area contributed by atoms with E-state index in [0.29, 0.717) is 31.9 Å². The average Bonchev–Trinajstić information content (AvgIpc) is 3.27. The number of hydrogen-bond acceptors (Lipinski definition) is 7. The van der Waals surface area contributed by atoms with Gasteiger partial charge >= 0.3 is 5.97 Å². The number of carbonyl (C=O) groups is 1. The molecule has 0 saturated carbocycles. The number of rotatable bonds is 7. The molecule has 9 heteroatoms. The molecule has 7 nitrogen and oxygen atoms in total. The summed E-state index contributed by atoms with van der Waals surface area (Å²) in [4.78, 5) is 32.4. The summed E-state index contributed by atoms with van der Waals surface area (Å²) in [6.45, 7) is 1.78. The highest BCUT2D eigenvalue weighted by molar-refractivity contribution is 7.07. The van der Waals surface area contributed by atoms with Gasteiger partial charge in [-0.1, -0.05) is 65.9 Å². The van der Waals surface area contributed by atoms with E-state index in [1.165, 1.54) is 28.0 Å². The predicted molar refractivity (Wildman–Crippen MR) is 145 cm³/mol. The highest BCUT2D eigenvalue weighted by Gasteiger charge is 2.35. The van der Waals surface area contributed by atoms with E-state index in [1.807, 2.05) is 36.4 Å². The average molecular weight is 540 g/mol. The third-order valence-corrected chi connectivity index (χ3v) is 7.02. The van der Waals surface area contributed by atoms with Gasteiger partial charge in [0.25, 0.3) is 5.56 Å². The van der Waals surface area contributed by atoms with Crippen molar-refractivity contribution in [2.24, 2.45) is 4.99 Å². The Bertz CT molecular complexity index is 1770. The van der Waals surface area contributed by atoms with Crippen molar-refractivity contribution in [3.8, 4) is 11.8 Å². The van der Waals surface area contributed by atoms with Crippen LogP contribution in [0.25, 0.3) is 11.8 Å². The Morgan fingerprint density at radius 2 is 1.82 bits per heavy atom. The van der Waals surface area contributed by atoms with Gasteiger partial charge in [-0.3, -0.25) is 9.36 Å². The molecule has 4 aromatic rings. The molecule has 0 N–H and O–H groups in total. The maximum absolute atomic E-state index is 13.9. The summed E-state index contributed by atoms with van der Waals surface area (Å²) < 4.78 is 26.5. The lowest BCUT2D eigenvalue weighted by atomic mass is 9.93. The van der Waals surface area contributed by atoms with Crippen LogP contribution in [-0.2, 0) is 9.53 Å². The lowest BCUT2D eigenvalue weighted by Gasteiger charge is -2.25. The summed E-state index contributed by atoms with van der Waals surface area (Å²) in [6.07, 6.45) is 1.73. The quantitative estimate of drug-likeness (QED) is 0.331. The van der Waals surface area contributed by atoms with E-state index in [9.17, 15) is 14.0 Å². The van der Waals surface area contributed by atoms with Crippen LogP contribution in [-0.4, -0.2) is 23.8 Å². The van der Waals surface area contributed by atoms with Gasteiger partial charge in [0.1, 0.15) is 17.6 Å². The van der Waals surface area contributed by atoms with Gasteiger partial charge in [-0.15, -0.1) is 0 Å². The first kappa shape index (κ1) is 25.8. The van der Waals surface area contributed by atoms with Gasteiger partial charge in [-0.25, -0.2) is 14.2 Å². The molecule has 0 saturated heterocycles. The SMILES string of the molecule is CCOC(=O)C1=C(c2ccccc2)N=c2s/c(=C/c3ccc(OCC#N)cc3)c(=O)n2C1c1ccc(F)cc1. The monoisotopic (exact) mass is 539 g/mol. The van der Waals surface area contributed by atoms with Gasteiger partial charge < -0.3 is 9.47 Å². The third-order valence-electron chi connectivity index (χ3n) is 6.04. The second-order valence-electron chi connectivity index (χ2n) is 8.50. The lowest BCUT2D eigenvalue weighted by Crippen LogP contribution is -2.40. The Labute approximate surface area is 227 Å². The van der Waals surface area contributed by atoms with Gasteiger partial charge in [0, 0.05) is 5.56 Å². The Hall–Kier alpha value is -4.81. The summed E-state index contributed by atoms with van der Waals surface area (Å²) >= 11 is 1.20. The van der Waals surface area contributed by atoms with Crippen molar-refractivity contribution in [2.45, 2.75) is 13.0 Å². The Balaban J connectivity index is 1.73.